The third-order valence-electron chi connectivity index (χ3n) is 6.85. The molecule has 38 heavy (non-hydrogen) atoms. The Bertz CT molecular complexity index is 1580. The second kappa shape index (κ2) is 10.7. The lowest BCUT2D eigenvalue weighted by molar-refractivity contribution is 0.413. The maximum Gasteiger partial charge on any atom is 0.154 e. The summed E-state index contributed by atoms with van der Waals surface area (Å²) < 4.78 is 62.7. The number of anilines is 1. The number of ether oxygens (including phenoxy) is 1. The largest absolute Gasteiger partial charge is 0.495 e. The van der Waals surface area contributed by atoms with Crippen LogP contribution in [0.1, 0.15) is 38.2 Å². The lowest BCUT2D eigenvalue weighted by atomic mass is 10.1. The molecule has 10 heteroatoms. The zero-order chi connectivity index (χ0) is 26.9. The molecule has 0 radical (unpaired) electrons. The highest BCUT2D eigenvalue weighted by Gasteiger charge is 2.24. The third kappa shape index (κ3) is 5.09. The van der Waals surface area contributed by atoms with Gasteiger partial charge in [0, 0.05) is 42.2 Å². The smallest absolute Gasteiger partial charge is 0.154 e. The van der Waals surface area contributed by atoms with Crippen molar-refractivity contribution in [3.63, 3.8) is 0 Å². The minimum Gasteiger partial charge on any atom is -0.495 e. The summed E-state index contributed by atoms with van der Waals surface area (Å²) in [5.41, 5.74) is 1.96. The van der Waals surface area contributed by atoms with Crippen molar-refractivity contribution in [3.8, 4) is 22.6 Å². The van der Waals surface area contributed by atoms with E-state index in [1.807, 2.05) is 12.1 Å². The van der Waals surface area contributed by atoms with Crippen LogP contribution in [0.2, 0.25) is 0 Å². The molecule has 0 amide bonds. The van der Waals surface area contributed by atoms with Crippen molar-refractivity contribution in [1.29, 1.82) is 0 Å². The van der Waals surface area contributed by atoms with Crippen LogP contribution in [0.15, 0.2) is 48.9 Å². The fourth-order valence-electron chi connectivity index (χ4n) is 5.00. The van der Waals surface area contributed by atoms with Gasteiger partial charge in [-0.3, -0.25) is 4.98 Å². The Morgan fingerprint density at radius 3 is 2.58 bits per heavy atom. The SMILES string of the molecule is CCCS(=O)(=O)Cc1ccc(F)c(-n2cc(-c3cncc(OC)c3)c3nc(N4CCCCC4)ccc32)c1F. The molecule has 200 valence electrons. The van der Waals surface area contributed by atoms with Gasteiger partial charge in [-0.15, -0.1) is 0 Å². The van der Waals surface area contributed by atoms with E-state index in [9.17, 15) is 8.42 Å². The minimum atomic E-state index is -3.54. The molecular weight excluding hydrogens is 510 g/mol. The number of pyridine rings is 2. The maximum atomic E-state index is 15.8. The van der Waals surface area contributed by atoms with E-state index in [1.165, 1.54) is 17.1 Å². The van der Waals surface area contributed by atoms with Crippen LogP contribution in [0.4, 0.5) is 14.6 Å². The zero-order valence-electron chi connectivity index (χ0n) is 21.5. The van der Waals surface area contributed by atoms with Gasteiger partial charge in [-0.1, -0.05) is 13.0 Å². The molecule has 0 saturated carbocycles. The van der Waals surface area contributed by atoms with Gasteiger partial charge in [0.15, 0.2) is 15.7 Å². The number of hydrogen-bond acceptors (Lipinski definition) is 6. The Balaban J connectivity index is 1.71. The molecule has 0 N–H and O–H groups in total. The summed E-state index contributed by atoms with van der Waals surface area (Å²) >= 11 is 0. The molecular formula is C28H30F2N4O3S. The second-order valence-corrected chi connectivity index (χ2v) is 11.8. The van der Waals surface area contributed by atoms with E-state index in [0.717, 1.165) is 37.8 Å². The van der Waals surface area contributed by atoms with Crippen LogP contribution in [0.5, 0.6) is 5.75 Å². The number of nitrogens with zero attached hydrogens (tertiary/aromatic N) is 4. The van der Waals surface area contributed by atoms with Crippen molar-refractivity contribution >= 4 is 26.7 Å². The fourth-order valence-corrected chi connectivity index (χ4v) is 6.47. The van der Waals surface area contributed by atoms with Gasteiger partial charge in [-0.05, 0) is 49.9 Å². The molecule has 0 bridgehead atoms. The number of halogens is 2. The number of rotatable bonds is 8. The molecule has 0 atom stereocenters. The predicted octanol–water partition coefficient (Wildman–Crippen LogP) is 5.69. The summed E-state index contributed by atoms with van der Waals surface area (Å²) in [5, 5.41) is 0. The molecule has 0 spiro atoms. The highest BCUT2D eigenvalue weighted by atomic mass is 32.2. The summed E-state index contributed by atoms with van der Waals surface area (Å²) in [6.07, 6.45) is 8.61. The van der Waals surface area contributed by atoms with Gasteiger partial charge in [0.05, 0.1) is 35.8 Å². The zero-order valence-corrected chi connectivity index (χ0v) is 22.3. The normalized spacial score (nSPS) is 14.3. The first-order valence-electron chi connectivity index (χ1n) is 12.8. The average molecular weight is 541 g/mol. The molecule has 0 aliphatic carbocycles. The topological polar surface area (TPSA) is 77.3 Å². The molecule has 1 aliphatic rings. The van der Waals surface area contributed by atoms with Crippen molar-refractivity contribution in [2.45, 2.75) is 38.4 Å². The molecule has 1 aromatic carbocycles. The quantitative estimate of drug-likeness (QED) is 0.286. The Hall–Kier alpha value is -3.53. The van der Waals surface area contributed by atoms with Gasteiger partial charge in [0.25, 0.3) is 0 Å². The van der Waals surface area contributed by atoms with E-state index in [1.54, 1.807) is 38.7 Å². The maximum absolute atomic E-state index is 15.8. The lowest BCUT2D eigenvalue weighted by Crippen LogP contribution is -2.30. The van der Waals surface area contributed by atoms with Crippen molar-refractivity contribution in [1.82, 2.24) is 14.5 Å². The number of fused-ring (bicyclic) bond motifs is 1. The first kappa shape index (κ1) is 26.1. The molecule has 1 saturated heterocycles. The van der Waals surface area contributed by atoms with E-state index in [2.05, 4.69) is 9.88 Å². The highest BCUT2D eigenvalue weighted by molar-refractivity contribution is 7.90. The lowest BCUT2D eigenvalue weighted by Gasteiger charge is -2.27. The van der Waals surface area contributed by atoms with Gasteiger partial charge in [0.1, 0.15) is 23.1 Å². The van der Waals surface area contributed by atoms with E-state index < -0.39 is 27.2 Å². The van der Waals surface area contributed by atoms with Gasteiger partial charge in [0.2, 0.25) is 0 Å². The Labute approximate surface area is 221 Å². The van der Waals surface area contributed by atoms with Crippen LogP contribution in [0.3, 0.4) is 0 Å². The monoisotopic (exact) mass is 540 g/mol. The molecule has 1 aliphatic heterocycles. The predicted molar refractivity (Wildman–Crippen MR) is 145 cm³/mol. The van der Waals surface area contributed by atoms with E-state index in [0.29, 0.717) is 34.3 Å². The summed E-state index contributed by atoms with van der Waals surface area (Å²) in [5.74, 6) is -0.933. The van der Waals surface area contributed by atoms with E-state index in [-0.39, 0.29) is 17.0 Å². The first-order chi connectivity index (χ1) is 18.3. The number of benzene rings is 1. The summed E-state index contributed by atoms with van der Waals surface area (Å²) in [6.45, 7) is 3.54. The number of piperidine rings is 1. The van der Waals surface area contributed by atoms with Crippen LogP contribution in [-0.4, -0.2) is 48.9 Å². The van der Waals surface area contributed by atoms with Crippen molar-refractivity contribution < 1.29 is 21.9 Å². The van der Waals surface area contributed by atoms with Crippen LogP contribution in [0, 0.1) is 11.6 Å². The number of sulfone groups is 1. The van der Waals surface area contributed by atoms with Crippen LogP contribution in [-0.2, 0) is 15.6 Å². The molecule has 7 nitrogen and oxygen atoms in total. The van der Waals surface area contributed by atoms with Crippen LogP contribution in [0.25, 0.3) is 27.8 Å². The van der Waals surface area contributed by atoms with Gasteiger partial charge in [-0.25, -0.2) is 22.2 Å². The van der Waals surface area contributed by atoms with Crippen molar-refractivity contribution in [2.75, 3.05) is 30.9 Å². The van der Waals surface area contributed by atoms with Crippen molar-refractivity contribution in [3.05, 3.63) is 66.1 Å². The third-order valence-corrected chi connectivity index (χ3v) is 8.63. The van der Waals surface area contributed by atoms with E-state index in [4.69, 9.17) is 9.72 Å². The van der Waals surface area contributed by atoms with Crippen LogP contribution >= 0.6 is 0 Å². The summed E-state index contributed by atoms with van der Waals surface area (Å²) in [7, 11) is -2.00. The van der Waals surface area contributed by atoms with Gasteiger partial charge >= 0.3 is 0 Å². The van der Waals surface area contributed by atoms with Crippen LogP contribution < -0.4 is 9.64 Å². The Kier molecular flexibility index (Phi) is 7.34. The van der Waals surface area contributed by atoms with Gasteiger partial charge in [-0.2, -0.15) is 0 Å². The highest BCUT2D eigenvalue weighted by Crippen LogP contribution is 2.36. The average Bonchev–Trinajstić information content (AvgIpc) is 3.29. The van der Waals surface area contributed by atoms with Crippen molar-refractivity contribution in [2.24, 2.45) is 0 Å². The minimum absolute atomic E-state index is 0.0677. The first-order valence-corrected chi connectivity index (χ1v) is 14.6. The molecule has 4 aromatic rings. The summed E-state index contributed by atoms with van der Waals surface area (Å²) in [6, 6.07) is 7.78. The standard InChI is InChI=1S/C28H30F2N4O3S/c1-3-13-38(35,36)18-19-7-8-23(29)28(26(19)30)34-17-22(20-14-21(37-2)16-31-15-20)27-24(34)9-10-25(32-27)33-11-5-4-6-12-33/h7-10,14-17H,3-6,11-13,18H2,1-2H3. The number of hydrogen-bond donors (Lipinski definition) is 0. The molecule has 3 aromatic heterocycles. The van der Waals surface area contributed by atoms with E-state index >= 15 is 8.78 Å². The second-order valence-electron chi connectivity index (χ2n) is 9.57. The van der Waals surface area contributed by atoms with Gasteiger partial charge < -0.3 is 14.2 Å². The Morgan fingerprint density at radius 2 is 1.84 bits per heavy atom. The Morgan fingerprint density at radius 1 is 1.05 bits per heavy atom. The molecule has 1 fully saturated rings. The number of methoxy groups -OCH3 is 1. The summed E-state index contributed by atoms with van der Waals surface area (Å²) in [4.78, 5) is 11.4. The molecule has 0 unspecified atom stereocenters. The number of aromatic nitrogens is 3. The fraction of sp³-hybridized carbons (Fsp3) is 0.357. The molecule has 5 rings (SSSR count). The molecule has 4 heterocycles.